The molecule has 1 aliphatic rings. The molecule has 10 nitrogen and oxygen atoms in total. The lowest BCUT2D eigenvalue weighted by molar-refractivity contribution is -0.139. The Morgan fingerprint density at radius 3 is 2.31 bits per heavy atom. The Morgan fingerprint density at radius 2 is 1.64 bits per heavy atom. The fourth-order valence-corrected chi connectivity index (χ4v) is 5.45. The Labute approximate surface area is 256 Å². The monoisotopic (exact) mass is 627 g/mol. The third kappa shape index (κ3) is 8.48. The van der Waals surface area contributed by atoms with Gasteiger partial charge in [0.15, 0.2) is 5.17 Å². The summed E-state index contributed by atoms with van der Waals surface area (Å²) in [5, 5.41) is 20.9. The second-order valence-electron chi connectivity index (χ2n) is 9.13. The number of hydrogen-bond donors (Lipinski definition) is 5. The summed E-state index contributed by atoms with van der Waals surface area (Å²) in [6.07, 6.45) is 1.02. The van der Waals surface area contributed by atoms with Crippen LogP contribution in [0.15, 0.2) is 71.7 Å². The molecule has 42 heavy (non-hydrogen) atoms. The van der Waals surface area contributed by atoms with Crippen LogP contribution in [-0.2, 0) is 9.59 Å². The van der Waals surface area contributed by atoms with E-state index in [-0.39, 0.29) is 15.6 Å². The van der Waals surface area contributed by atoms with Crippen molar-refractivity contribution in [3.05, 3.63) is 87.9 Å². The second-order valence-corrected chi connectivity index (χ2v) is 11.0. The van der Waals surface area contributed by atoms with Gasteiger partial charge in [-0.3, -0.25) is 19.4 Å². The average Bonchev–Trinajstić information content (AvgIpc) is 2.98. The van der Waals surface area contributed by atoms with Gasteiger partial charge < -0.3 is 26.4 Å². The summed E-state index contributed by atoms with van der Waals surface area (Å²) < 4.78 is 0. The van der Waals surface area contributed by atoms with Crippen LogP contribution in [-0.4, -0.2) is 65.4 Å². The molecular formula is C29H27Cl2N5O5S. The molecule has 1 atom stereocenters. The van der Waals surface area contributed by atoms with Crippen molar-refractivity contribution in [3.8, 4) is 11.1 Å². The first-order valence-corrected chi connectivity index (χ1v) is 14.6. The lowest BCUT2D eigenvalue weighted by atomic mass is 10.0. The predicted octanol–water partition coefficient (Wildman–Crippen LogP) is 4.29. The minimum Gasteiger partial charge on any atom is -0.480 e. The van der Waals surface area contributed by atoms with Gasteiger partial charge in [0.05, 0.1) is 22.2 Å². The first kappa shape index (κ1) is 30.9. The van der Waals surface area contributed by atoms with Crippen molar-refractivity contribution in [3.63, 3.8) is 0 Å². The SMILES string of the molecule is O=C(CNC(=O)c1cccc(NC2=NCCCS2)c1)NCC(NC(=O)c1c(Cl)cc(-c2ccccc2)cc1Cl)C(=O)O. The number of halogens is 2. The van der Waals surface area contributed by atoms with Crippen LogP contribution in [0.2, 0.25) is 10.0 Å². The number of aliphatic imine (C=N–C) groups is 1. The van der Waals surface area contributed by atoms with Crippen molar-refractivity contribution in [1.29, 1.82) is 0 Å². The Balaban J connectivity index is 1.30. The van der Waals surface area contributed by atoms with Crippen LogP contribution < -0.4 is 21.3 Å². The molecule has 1 heterocycles. The van der Waals surface area contributed by atoms with Crippen molar-refractivity contribution >= 4 is 69.5 Å². The third-order valence-corrected chi connectivity index (χ3v) is 7.66. The number of hydrogen-bond acceptors (Lipinski definition) is 7. The number of nitrogens with zero attached hydrogens (tertiary/aromatic N) is 1. The molecule has 1 aliphatic heterocycles. The van der Waals surface area contributed by atoms with Crippen LogP contribution >= 0.6 is 35.0 Å². The van der Waals surface area contributed by atoms with E-state index in [2.05, 4.69) is 26.3 Å². The lowest BCUT2D eigenvalue weighted by Gasteiger charge is -2.17. The fourth-order valence-electron chi connectivity index (χ4n) is 3.96. The van der Waals surface area contributed by atoms with Crippen molar-refractivity contribution in [2.45, 2.75) is 12.5 Å². The number of thioether (sulfide) groups is 1. The maximum atomic E-state index is 12.9. The van der Waals surface area contributed by atoms with Crippen LogP contribution in [0.5, 0.6) is 0 Å². The molecule has 0 spiro atoms. The highest BCUT2D eigenvalue weighted by Gasteiger charge is 2.25. The number of carbonyl (C=O) groups excluding carboxylic acids is 3. The van der Waals surface area contributed by atoms with E-state index in [1.165, 1.54) is 0 Å². The summed E-state index contributed by atoms with van der Waals surface area (Å²) in [6, 6.07) is 17.7. The largest absolute Gasteiger partial charge is 0.480 e. The van der Waals surface area contributed by atoms with Gasteiger partial charge in [0.2, 0.25) is 5.91 Å². The molecular weight excluding hydrogens is 601 g/mol. The van der Waals surface area contributed by atoms with E-state index in [4.69, 9.17) is 23.2 Å². The Hall–Kier alpha value is -4.06. The van der Waals surface area contributed by atoms with Crippen LogP contribution in [0.3, 0.4) is 0 Å². The maximum Gasteiger partial charge on any atom is 0.328 e. The quantitative estimate of drug-likeness (QED) is 0.225. The first-order valence-electron chi connectivity index (χ1n) is 12.9. The topological polar surface area (TPSA) is 149 Å². The van der Waals surface area contributed by atoms with Crippen LogP contribution in [0, 0.1) is 0 Å². The normalized spacial score (nSPS) is 13.3. The number of carboxylic acids is 1. The number of nitrogens with one attached hydrogen (secondary N) is 4. The smallest absolute Gasteiger partial charge is 0.328 e. The zero-order chi connectivity index (χ0) is 30.1. The summed E-state index contributed by atoms with van der Waals surface area (Å²) >= 11 is 14.3. The first-order chi connectivity index (χ1) is 20.2. The van der Waals surface area contributed by atoms with Gasteiger partial charge in [-0.15, -0.1) is 0 Å². The summed E-state index contributed by atoms with van der Waals surface area (Å²) in [4.78, 5) is 54.0. The van der Waals surface area contributed by atoms with E-state index >= 15 is 0 Å². The zero-order valence-electron chi connectivity index (χ0n) is 22.2. The number of anilines is 1. The molecule has 1 unspecified atom stereocenters. The third-order valence-electron chi connectivity index (χ3n) is 6.07. The van der Waals surface area contributed by atoms with Gasteiger partial charge in [0.1, 0.15) is 6.04 Å². The van der Waals surface area contributed by atoms with Crippen molar-refractivity contribution in [1.82, 2.24) is 16.0 Å². The molecule has 0 aromatic heterocycles. The highest BCUT2D eigenvalue weighted by molar-refractivity contribution is 8.14. The van der Waals surface area contributed by atoms with E-state index in [9.17, 15) is 24.3 Å². The van der Waals surface area contributed by atoms with Crippen LogP contribution in [0.4, 0.5) is 5.69 Å². The molecule has 0 aliphatic carbocycles. The molecule has 0 radical (unpaired) electrons. The number of carbonyl (C=O) groups is 4. The van der Waals surface area contributed by atoms with Gasteiger partial charge in [0.25, 0.3) is 11.8 Å². The average molecular weight is 629 g/mol. The highest BCUT2D eigenvalue weighted by Crippen LogP contribution is 2.31. The van der Waals surface area contributed by atoms with E-state index in [0.29, 0.717) is 16.8 Å². The van der Waals surface area contributed by atoms with Crippen molar-refractivity contribution in [2.24, 2.45) is 4.99 Å². The molecule has 13 heteroatoms. The van der Waals surface area contributed by atoms with Crippen molar-refractivity contribution in [2.75, 3.05) is 30.7 Å². The van der Waals surface area contributed by atoms with E-state index in [0.717, 1.165) is 29.4 Å². The molecule has 218 valence electrons. The van der Waals surface area contributed by atoms with Gasteiger partial charge in [-0.05, 0) is 47.9 Å². The molecule has 0 fully saturated rings. The minimum absolute atomic E-state index is 0.0412. The van der Waals surface area contributed by atoms with Crippen LogP contribution in [0.1, 0.15) is 27.1 Å². The predicted molar refractivity (Wildman–Crippen MR) is 166 cm³/mol. The summed E-state index contributed by atoms with van der Waals surface area (Å²) in [7, 11) is 0. The van der Waals surface area contributed by atoms with Gasteiger partial charge >= 0.3 is 5.97 Å². The highest BCUT2D eigenvalue weighted by atomic mass is 35.5. The number of carboxylic acid groups (broad SMARTS) is 1. The molecule has 4 rings (SSSR count). The fraction of sp³-hybridized carbons (Fsp3) is 0.207. The van der Waals surface area contributed by atoms with E-state index in [1.54, 1.807) is 48.2 Å². The number of rotatable bonds is 10. The number of amides is 3. The molecule has 3 aromatic carbocycles. The maximum absolute atomic E-state index is 12.9. The standard InChI is InChI=1S/C29H27Cl2N5O5S/c30-21-13-19(17-6-2-1-3-7-17)14-22(31)25(21)27(39)36-23(28(40)41)15-33-24(37)16-34-26(38)18-8-4-9-20(12-18)35-29-32-10-5-11-42-29/h1-4,6-9,12-14,23H,5,10-11,15-16H2,(H,32,35)(H,33,37)(H,34,38)(H,36,39)(H,40,41). The Bertz CT molecular complexity index is 1500. The molecule has 3 aromatic rings. The lowest BCUT2D eigenvalue weighted by Crippen LogP contribution is -2.50. The summed E-state index contributed by atoms with van der Waals surface area (Å²) in [6.45, 7) is -0.0926. The van der Waals surface area contributed by atoms with Gasteiger partial charge in [-0.25, -0.2) is 4.79 Å². The molecule has 3 amide bonds. The van der Waals surface area contributed by atoms with Gasteiger partial charge in [0, 0.05) is 30.1 Å². The zero-order valence-corrected chi connectivity index (χ0v) is 24.5. The van der Waals surface area contributed by atoms with E-state index < -0.39 is 42.8 Å². The summed E-state index contributed by atoms with van der Waals surface area (Å²) in [5.41, 5.74) is 2.46. The molecule has 0 bridgehead atoms. The summed E-state index contributed by atoms with van der Waals surface area (Å²) in [5.74, 6) is -2.36. The van der Waals surface area contributed by atoms with E-state index in [1.807, 2.05) is 30.3 Å². The number of amidine groups is 1. The van der Waals surface area contributed by atoms with Crippen LogP contribution in [0.25, 0.3) is 11.1 Å². The Kier molecular flexibility index (Phi) is 10.8. The second kappa shape index (κ2) is 14.7. The molecule has 5 N–H and O–H groups in total. The minimum atomic E-state index is -1.48. The Morgan fingerprint density at radius 1 is 0.905 bits per heavy atom. The number of benzene rings is 3. The number of aliphatic carboxylic acids is 1. The van der Waals surface area contributed by atoms with Crippen molar-refractivity contribution < 1.29 is 24.3 Å². The van der Waals surface area contributed by atoms with Gasteiger partial charge in [-0.2, -0.15) is 0 Å². The molecule has 0 saturated heterocycles. The molecule has 0 saturated carbocycles. The van der Waals surface area contributed by atoms with Gasteiger partial charge in [-0.1, -0.05) is 71.4 Å².